The lowest BCUT2D eigenvalue weighted by Crippen LogP contribution is -2.63. The van der Waals surface area contributed by atoms with Gasteiger partial charge in [0.2, 0.25) is 0 Å². The molecule has 0 aliphatic carbocycles. The summed E-state index contributed by atoms with van der Waals surface area (Å²) in [5.41, 5.74) is 3.18. The van der Waals surface area contributed by atoms with E-state index in [9.17, 15) is 15.0 Å². The normalized spacial score (nSPS) is 16.9. The Morgan fingerprint density at radius 1 is 1.04 bits per heavy atom. The first-order valence-electron chi connectivity index (χ1n) is 9.04. The maximum atomic E-state index is 11.0. The van der Waals surface area contributed by atoms with Gasteiger partial charge in [-0.15, -0.1) is 0 Å². The van der Waals surface area contributed by atoms with Gasteiger partial charge in [0.15, 0.2) is 5.54 Å². The Hall–Kier alpha value is -0.950. The van der Waals surface area contributed by atoms with Crippen molar-refractivity contribution < 1.29 is 25.2 Å². The number of carboxylic acids is 1. The lowest BCUT2D eigenvalue weighted by molar-refractivity contribution is -0.154. The molecule has 0 aromatic carbocycles. The molecule has 0 rings (SSSR count). The van der Waals surface area contributed by atoms with Crippen LogP contribution in [0.3, 0.4) is 0 Å². The van der Waals surface area contributed by atoms with Crippen LogP contribution in [-0.2, 0) is 4.79 Å². The number of carboxylic acid groups (broad SMARTS) is 1. The van der Waals surface area contributed by atoms with Crippen molar-refractivity contribution in [2.24, 2.45) is 5.73 Å². The Bertz CT molecular complexity index is 361. The molecule has 0 saturated heterocycles. The summed E-state index contributed by atoms with van der Waals surface area (Å²) in [4.78, 5) is 11.0. The number of aliphatic hydroxyl groups is 3. The van der Waals surface area contributed by atoms with Gasteiger partial charge in [0, 0.05) is 0 Å². The molecule has 6 N–H and O–H groups in total. The predicted molar refractivity (Wildman–Crippen MR) is 94.6 cm³/mol. The van der Waals surface area contributed by atoms with Crippen LogP contribution in [0.15, 0.2) is 12.2 Å². The Balaban J connectivity index is 3.85. The lowest BCUT2D eigenvalue weighted by atomic mass is 9.89. The van der Waals surface area contributed by atoms with E-state index in [1.807, 2.05) is 6.08 Å². The summed E-state index contributed by atoms with van der Waals surface area (Å²) in [5.74, 6) is -1.54. The topological polar surface area (TPSA) is 124 Å². The number of unbranched alkanes of at least 4 members (excludes halogenated alkanes) is 8. The van der Waals surface area contributed by atoms with Gasteiger partial charge in [-0.3, -0.25) is 4.79 Å². The van der Waals surface area contributed by atoms with Crippen molar-refractivity contribution in [1.29, 1.82) is 0 Å². The lowest BCUT2D eigenvalue weighted by Gasteiger charge is -2.30. The predicted octanol–water partition coefficient (Wildman–Crippen LogP) is 1.96. The molecule has 6 nitrogen and oxygen atoms in total. The largest absolute Gasteiger partial charge is 0.480 e. The van der Waals surface area contributed by atoms with Gasteiger partial charge >= 0.3 is 5.97 Å². The molecule has 0 spiro atoms. The molecule has 0 amide bonds. The van der Waals surface area contributed by atoms with Gasteiger partial charge in [0.25, 0.3) is 0 Å². The standard InChI is InChI=1S/C18H35NO5/c1-2-3-4-5-6-7-8-9-10-11-12-13-15(21)16(22)18(19,14-20)17(23)24/h11-12,15-16,20-22H,2-10,13-14,19H2,1H3,(H,23,24)/b12-11+/t15-,16+,18-/m1/s1. The molecule has 142 valence electrons. The molecule has 0 saturated carbocycles. The van der Waals surface area contributed by atoms with Crippen LogP contribution < -0.4 is 5.73 Å². The molecule has 0 aromatic rings. The molecule has 0 fully saturated rings. The van der Waals surface area contributed by atoms with Gasteiger partial charge in [-0.1, -0.05) is 64.0 Å². The van der Waals surface area contributed by atoms with Crippen LogP contribution in [0.1, 0.15) is 71.1 Å². The monoisotopic (exact) mass is 345 g/mol. The quantitative estimate of drug-likeness (QED) is 0.228. The third-order valence-corrected chi connectivity index (χ3v) is 4.32. The fraction of sp³-hybridized carbons (Fsp3) is 0.833. The first kappa shape index (κ1) is 23.1. The van der Waals surface area contributed by atoms with Crippen molar-refractivity contribution in [1.82, 2.24) is 0 Å². The summed E-state index contributed by atoms with van der Waals surface area (Å²) in [6, 6.07) is 0. The minimum Gasteiger partial charge on any atom is -0.480 e. The molecule has 24 heavy (non-hydrogen) atoms. The average Bonchev–Trinajstić information content (AvgIpc) is 2.57. The highest BCUT2D eigenvalue weighted by molar-refractivity contribution is 5.79. The molecule has 0 unspecified atom stereocenters. The molecular weight excluding hydrogens is 310 g/mol. The van der Waals surface area contributed by atoms with Gasteiger partial charge in [-0.25, -0.2) is 0 Å². The van der Waals surface area contributed by atoms with Crippen LogP contribution in [-0.4, -0.2) is 50.7 Å². The molecule has 0 aliphatic heterocycles. The highest BCUT2D eigenvalue weighted by Crippen LogP contribution is 2.15. The highest BCUT2D eigenvalue weighted by Gasteiger charge is 2.44. The van der Waals surface area contributed by atoms with Gasteiger partial charge < -0.3 is 26.2 Å². The van der Waals surface area contributed by atoms with Crippen molar-refractivity contribution in [3.8, 4) is 0 Å². The molecule has 0 radical (unpaired) electrons. The van der Waals surface area contributed by atoms with Crippen LogP contribution in [0.5, 0.6) is 0 Å². The second-order valence-corrected chi connectivity index (χ2v) is 6.49. The number of aliphatic carboxylic acids is 1. The summed E-state index contributed by atoms with van der Waals surface area (Å²) >= 11 is 0. The summed E-state index contributed by atoms with van der Waals surface area (Å²) < 4.78 is 0. The SMILES string of the molecule is CCCCCCCCCC/C=C/C[C@@H](O)[C@H](O)[C@](N)(CO)C(=O)O. The van der Waals surface area contributed by atoms with Gasteiger partial charge in [0.05, 0.1) is 12.7 Å². The Kier molecular flexibility index (Phi) is 12.8. The number of nitrogens with two attached hydrogens (primary N) is 1. The van der Waals surface area contributed by atoms with Crippen LogP contribution in [0.4, 0.5) is 0 Å². The minimum absolute atomic E-state index is 0.102. The van der Waals surface area contributed by atoms with E-state index in [0.717, 1.165) is 12.8 Å². The van der Waals surface area contributed by atoms with E-state index in [2.05, 4.69) is 6.92 Å². The van der Waals surface area contributed by atoms with Gasteiger partial charge in [0.1, 0.15) is 6.10 Å². The van der Waals surface area contributed by atoms with Crippen molar-refractivity contribution in [2.45, 2.75) is 88.9 Å². The van der Waals surface area contributed by atoms with E-state index in [4.69, 9.17) is 15.9 Å². The number of aliphatic hydroxyl groups excluding tert-OH is 3. The van der Waals surface area contributed by atoms with Crippen LogP contribution in [0, 0.1) is 0 Å². The van der Waals surface area contributed by atoms with Crippen molar-refractivity contribution in [3.05, 3.63) is 12.2 Å². The molecule has 0 bridgehead atoms. The number of carbonyl (C=O) groups is 1. The van der Waals surface area contributed by atoms with Gasteiger partial charge in [-0.05, 0) is 19.3 Å². The smallest absolute Gasteiger partial charge is 0.328 e. The van der Waals surface area contributed by atoms with E-state index in [0.29, 0.717) is 0 Å². The number of hydrogen-bond donors (Lipinski definition) is 5. The summed E-state index contributed by atoms with van der Waals surface area (Å²) in [6.45, 7) is 1.27. The number of allylic oxidation sites excluding steroid dienone is 1. The van der Waals surface area contributed by atoms with Crippen LogP contribution >= 0.6 is 0 Å². The first-order valence-corrected chi connectivity index (χ1v) is 9.04. The molecular formula is C18H35NO5. The molecule has 0 aromatic heterocycles. The van der Waals surface area contributed by atoms with E-state index < -0.39 is 30.3 Å². The van der Waals surface area contributed by atoms with E-state index in [-0.39, 0.29) is 6.42 Å². The van der Waals surface area contributed by atoms with Crippen molar-refractivity contribution in [3.63, 3.8) is 0 Å². The number of hydrogen-bond acceptors (Lipinski definition) is 5. The maximum Gasteiger partial charge on any atom is 0.328 e. The fourth-order valence-corrected chi connectivity index (χ4v) is 2.51. The van der Waals surface area contributed by atoms with Gasteiger partial charge in [-0.2, -0.15) is 0 Å². The third-order valence-electron chi connectivity index (χ3n) is 4.32. The highest BCUT2D eigenvalue weighted by atomic mass is 16.4. The molecule has 3 atom stereocenters. The van der Waals surface area contributed by atoms with Crippen molar-refractivity contribution >= 4 is 5.97 Å². The maximum absolute atomic E-state index is 11.0. The molecule has 6 heteroatoms. The second-order valence-electron chi connectivity index (χ2n) is 6.49. The summed E-state index contributed by atoms with van der Waals surface area (Å²) in [7, 11) is 0. The molecule has 0 heterocycles. The zero-order valence-electron chi connectivity index (χ0n) is 14.9. The zero-order chi connectivity index (χ0) is 18.4. The fourth-order valence-electron chi connectivity index (χ4n) is 2.51. The third kappa shape index (κ3) is 8.78. The summed E-state index contributed by atoms with van der Waals surface area (Å²) in [5, 5.41) is 37.6. The first-order chi connectivity index (χ1) is 11.4. The van der Waals surface area contributed by atoms with Crippen molar-refractivity contribution in [2.75, 3.05) is 6.61 Å². The zero-order valence-corrected chi connectivity index (χ0v) is 14.9. The minimum atomic E-state index is -2.25. The van der Waals surface area contributed by atoms with E-state index in [1.165, 1.54) is 44.9 Å². The Morgan fingerprint density at radius 3 is 2.08 bits per heavy atom. The van der Waals surface area contributed by atoms with Crippen LogP contribution in [0.25, 0.3) is 0 Å². The molecule has 0 aliphatic rings. The Morgan fingerprint density at radius 2 is 1.58 bits per heavy atom. The summed E-state index contributed by atoms with van der Waals surface area (Å²) in [6.07, 6.45) is 11.6. The average molecular weight is 345 g/mol. The van der Waals surface area contributed by atoms with E-state index in [1.54, 1.807) is 6.08 Å². The Labute approximate surface area is 145 Å². The number of rotatable bonds is 15. The van der Waals surface area contributed by atoms with Crippen LogP contribution in [0.2, 0.25) is 0 Å². The second kappa shape index (κ2) is 13.4. The van der Waals surface area contributed by atoms with E-state index >= 15 is 0 Å².